The lowest BCUT2D eigenvalue weighted by molar-refractivity contribution is -0.152. The van der Waals surface area contributed by atoms with Crippen LogP contribution in [0.2, 0.25) is 5.02 Å². The maximum Gasteiger partial charge on any atom is 0.375 e. The van der Waals surface area contributed by atoms with E-state index in [1.54, 1.807) is 18.2 Å². The second kappa shape index (κ2) is 4.30. The molecule has 5 heteroatoms. The predicted molar refractivity (Wildman–Crippen MR) is 60.0 cm³/mol. The van der Waals surface area contributed by atoms with Gasteiger partial charge in [-0.2, -0.15) is 0 Å². The van der Waals surface area contributed by atoms with Crippen LogP contribution in [-0.4, -0.2) is 24.6 Å². The molecule has 1 aromatic carbocycles. The van der Waals surface area contributed by atoms with Crippen molar-refractivity contribution >= 4 is 29.1 Å². The zero-order valence-electron chi connectivity index (χ0n) is 9.03. The van der Waals surface area contributed by atoms with Crippen LogP contribution in [0.25, 0.3) is 0 Å². The SMILES string of the molecule is COC(=O)C(=O)C1Cc2c(Cl)cccc2C1=O. The number of Topliss-reactive ketones (excluding diaryl/α,β-unsaturated/α-hetero) is 2. The first-order valence-corrected chi connectivity index (χ1v) is 5.37. The van der Waals surface area contributed by atoms with E-state index >= 15 is 0 Å². The Hall–Kier alpha value is -1.68. The fourth-order valence-corrected chi connectivity index (χ4v) is 2.19. The van der Waals surface area contributed by atoms with Gasteiger partial charge < -0.3 is 4.74 Å². The van der Waals surface area contributed by atoms with Crippen LogP contribution in [-0.2, 0) is 20.7 Å². The van der Waals surface area contributed by atoms with Gasteiger partial charge in [-0.25, -0.2) is 4.79 Å². The zero-order valence-corrected chi connectivity index (χ0v) is 9.78. The van der Waals surface area contributed by atoms with Crippen molar-refractivity contribution in [1.82, 2.24) is 0 Å². The second-order valence-electron chi connectivity index (χ2n) is 3.74. The molecule has 1 aliphatic rings. The van der Waals surface area contributed by atoms with Gasteiger partial charge in [-0.05, 0) is 18.1 Å². The van der Waals surface area contributed by atoms with Crippen molar-refractivity contribution < 1.29 is 19.1 Å². The lowest BCUT2D eigenvalue weighted by Crippen LogP contribution is -2.28. The van der Waals surface area contributed by atoms with Gasteiger partial charge in [0.05, 0.1) is 13.0 Å². The number of ether oxygens (including phenoxy) is 1. The van der Waals surface area contributed by atoms with Crippen LogP contribution in [0.1, 0.15) is 15.9 Å². The summed E-state index contributed by atoms with van der Waals surface area (Å²) in [5.41, 5.74) is 1.04. The van der Waals surface area contributed by atoms with Crippen LogP contribution in [0.4, 0.5) is 0 Å². The van der Waals surface area contributed by atoms with Gasteiger partial charge in [-0.15, -0.1) is 0 Å². The lowest BCUT2D eigenvalue weighted by Gasteiger charge is -2.03. The molecule has 17 heavy (non-hydrogen) atoms. The van der Waals surface area contributed by atoms with E-state index in [2.05, 4.69) is 4.74 Å². The first-order valence-electron chi connectivity index (χ1n) is 5.00. The monoisotopic (exact) mass is 252 g/mol. The Kier molecular flexibility index (Phi) is 2.98. The maximum absolute atomic E-state index is 11.9. The number of hydrogen-bond donors (Lipinski definition) is 0. The average Bonchev–Trinajstić information content (AvgIpc) is 2.67. The summed E-state index contributed by atoms with van der Waals surface area (Å²) in [5, 5.41) is 0.441. The van der Waals surface area contributed by atoms with E-state index < -0.39 is 17.7 Å². The largest absolute Gasteiger partial charge is 0.463 e. The Morgan fingerprint density at radius 3 is 2.71 bits per heavy atom. The maximum atomic E-state index is 11.9. The number of carbonyl (C=O) groups is 3. The third-order valence-corrected chi connectivity index (χ3v) is 3.17. The van der Waals surface area contributed by atoms with Crippen molar-refractivity contribution in [2.45, 2.75) is 6.42 Å². The van der Waals surface area contributed by atoms with E-state index in [4.69, 9.17) is 11.6 Å². The quantitative estimate of drug-likeness (QED) is 0.454. The summed E-state index contributed by atoms with van der Waals surface area (Å²) >= 11 is 5.94. The van der Waals surface area contributed by atoms with E-state index in [9.17, 15) is 14.4 Å². The molecule has 0 heterocycles. The highest BCUT2D eigenvalue weighted by molar-refractivity contribution is 6.41. The molecule has 0 aromatic heterocycles. The summed E-state index contributed by atoms with van der Waals surface area (Å²) in [4.78, 5) is 34.7. The molecule has 0 bridgehead atoms. The van der Waals surface area contributed by atoms with Gasteiger partial charge in [-0.3, -0.25) is 9.59 Å². The van der Waals surface area contributed by atoms with Crippen LogP contribution in [0.5, 0.6) is 0 Å². The number of halogens is 1. The van der Waals surface area contributed by atoms with Crippen LogP contribution in [0, 0.1) is 5.92 Å². The van der Waals surface area contributed by atoms with Gasteiger partial charge in [0.15, 0.2) is 5.78 Å². The summed E-state index contributed by atoms with van der Waals surface area (Å²) in [5.74, 6) is -3.16. The first kappa shape index (κ1) is 11.8. The topological polar surface area (TPSA) is 60.4 Å². The molecular formula is C12H9ClO4. The van der Waals surface area contributed by atoms with Crippen LogP contribution >= 0.6 is 11.6 Å². The summed E-state index contributed by atoms with van der Waals surface area (Å²) in [6, 6.07) is 4.90. The number of hydrogen-bond acceptors (Lipinski definition) is 4. The Labute approximate surface area is 103 Å². The van der Waals surface area contributed by atoms with E-state index in [0.29, 0.717) is 16.1 Å². The molecule has 0 amide bonds. The standard InChI is InChI=1S/C12H9ClO4/c1-17-12(16)11(15)8-5-7-6(10(8)14)3-2-4-9(7)13/h2-4,8H,5H2,1H3. The molecule has 1 atom stereocenters. The number of esters is 1. The molecule has 1 aromatic rings. The highest BCUT2D eigenvalue weighted by Crippen LogP contribution is 2.32. The first-order chi connectivity index (χ1) is 8.06. The number of ketones is 2. The third-order valence-electron chi connectivity index (χ3n) is 2.81. The van der Waals surface area contributed by atoms with E-state index in [-0.39, 0.29) is 12.2 Å². The molecular weight excluding hydrogens is 244 g/mol. The predicted octanol–water partition coefficient (Wildman–Crippen LogP) is 1.44. The Balaban J connectivity index is 2.35. The molecule has 2 rings (SSSR count). The molecule has 4 nitrogen and oxygen atoms in total. The molecule has 0 spiro atoms. The Morgan fingerprint density at radius 1 is 1.41 bits per heavy atom. The van der Waals surface area contributed by atoms with Gasteiger partial charge >= 0.3 is 5.97 Å². The van der Waals surface area contributed by atoms with Gasteiger partial charge in [0.2, 0.25) is 0 Å². The van der Waals surface area contributed by atoms with Crippen LogP contribution in [0.15, 0.2) is 18.2 Å². The molecule has 0 saturated carbocycles. The fraction of sp³-hybridized carbons (Fsp3) is 0.250. The minimum Gasteiger partial charge on any atom is -0.463 e. The van der Waals surface area contributed by atoms with Gasteiger partial charge in [0, 0.05) is 10.6 Å². The van der Waals surface area contributed by atoms with Crippen molar-refractivity contribution in [3.63, 3.8) is 0 Å². The molecule has 0 saturated heterocycles. The fourth-order valence-electron chi connectivity index (χ4n) is 1.94. The molecule has 88 valence electrons. The Bertz CT molecular complexity index is 521. The smallest absolute Gasteiger partial charge is 0.375 e. The van der Waals surface area contributed by atoms with E-state index in [0.717, 1.165) is 7.11 Å². The van der Waals surface area contributed by atoms with Crippen molar-refractivity contribution in [3.8, 4) is 0 Å². The summed E-state index contributed by atoms with van der Waals surface area (Å²) in [7, 11) is 1.11. The minimum atomic E-state index is -0.993. The number of rotatable bonds is 2. The van der Waals surface area contributed by atoms with Crippen LogP contribution in [0.3, 0.4) is 0 Å². The molecule has 0 radical (unpaired) electrons. The average molecular weight is 253 g/mol. The van der Waals surface area contributed by atoms with Crippen molar-refractivity contribution in [3.05, 3.63) is 34.3 Å². The van der Waals surface area contributed by atoms with Crippen molar-refractivity contribution in [1.29, 1.82) is 0 Å². The normalized spacial score (nSPS) is 17.8. The number of benzene rings is 1. The molecule has 1 aliphatic carbocycles. The van der Waals surface area contributed by atoms with Gasteiger partial charge in [0.25, 0.3) is 5.78 Å². The minimum absolute atomic E-state index is 0.168. The van der Waals surface area contributed by atoms with Gasteiger partial charge in [-0.1, -0.05) is 23.7 Å². The lowest BCUT2D eigenvalue weighted by atomic mass is 10.00. The zero-order chi connectivity index (χ0) is 12.6. The molecule has 0 N–H and O–H groups in total. The van der Waals surface area contributed by atoms with E-state index in [1.165, 1.54) is 0 Å². The second-order valence-corrected chi connectivity index (χ2v) is 4.15. The number of methoxy groups -OCH3 is 1. The summed E-state index contributed by atoms with van der Waals surface area (Å²) in [6.45, 7) is 0. The summed E-state index contributed by atoms with van der Waals surface area (Å²) < 4.78 is 4.33. The molecule has 0 aliphatic heterocycles. The van der Waals surface area contributed by atoms with Crippen LogP contribution < -0.4 is 0 Å². The Morgan fingerprint density at radius 2 is 2.12 bits per heavy atom. The number of carbonyl (C=O) groups excluding carboxylic acids is 3. The number of fused-ring (bicyclic) bond motifs is 1. The summed E-state index contributed by atoms with van der Waals surface area (Å²) in [6.07, 6.45) is 0.168. The third kappa shape index (κ3) is 1.85. The van der Waals surface area contributed by atoms with E-state index in [1.807, 2.05) is 0 Å². The molecule has 0 fully saturated rings. The van der Waals surface area contributed by atoms with Crippen molar-refractivity contribution in [2.24, 2.45) is 5.92 Å². The highest BCUT2D eigenvalue weighted by Gasteiger charge is 2.39. The van der Waals surface area contributed by atoms with Crippen molar-refractivity contribution in [2.75, 3.05) is 7.11 Å². The highest BCUT2D eigenvalue weighted by atomic mass is 35.5. The van der Waals surface area contributed by atoms with Gasteiger partial charge in [0.1, 0.15) is 0 Å². The molecule has 1 unspecified atom stereocenters.